The van der Waals surface area contributed by atoms with Gasteiger partial charge in [0.1, 0.15) is 11.6 Å². The molecule has 2 nitrogen and oxygen atoms in total. The summed E-state index contributed by atoms with van der Waals surface area (Å²) in [4.78, 5) is 11.5. The highest BCUT2D eigenvalue weighted by Gasteiger charge is 2.44. The van der Waals surface area contributed by atoms with Crippen LogP contribution in [0, 0.1) is 11.6 Å². The fraction of sp³-hybridized carbons (Fsp3) is 0.462. The monoisotopic (exact) mass is 239 g/mol. The third-order valence-electron chi connectivity index (χ3n) is 3.58. The van der Waals surface area contributed by atoms with Gasteiger partial charge < -0.3 is 5.32 Å². The molecule has 1 aromatic rings. The Bertz CT molecular complexity index is 461. The summed E-state index contributed by atoms with van der Waals surface area (Å²) in [5.41, 5.74) is -0.388. The number of hydrogen-bond acceptors (Lipinski definition) is 1. The van der Waals surface area contributed by atoms with Gasteiger partial charge in [-0.1, -0.05) is 13.8 Å². The highest BCUT2D eigenvalue weighted by molar-refractivity contribution is 5.81. The predicted molar refractivity (Wildman–Crippen MR) is 60.5 cm³/mol. The molecule has 0 aliphatic carbocycles. The third-order valence-corrected chi connectivity index (χ3v) is 3.58. The minimum atomic E-state index is -0.669. The Balaban J connectivity index is 2.50. The lowest BCUT2D eigenvalue weighted by atomic mass is 9.75. The Hall–Kier alpha value is -1.45. The zero-order valence-electron chi connectivity index (χ0n) is 9.89. The lowest BCUT2D eigenvalue weighted by Crippen LogP contribution is -2.38. The van der Waals surface area contributed by atoms with Crippen molar-refractivity contribution in [3.05, 3.63) is 35.4 Å². The number of nitrogens with one attached hydrogen (secondary N) is 1. The van der Waals surface area contributed by atoms with E-state index in [0.717, 1.165) is 12.1 Å². The van der Waals surface area contributed by atoms with Crippen molar-refractivity contribution in [3.63, 3.8) is 0 Å². The largest absolute Gasteiger partial charge is 0.352 e. The molecule has 92 valence electrons. The summed E-state index contributed by atoms with van der Waals surface area (Å²) in [6.07, 6.45) is 0.893. The number of halogens is 2. The van der Waals surface area contributed by atoms with Crippen molar-refractivity contribution in [3.8, 4) is 0 Å². The molecule has 2 atom stereocenters. The maximum absolute atomic E-state index is 13.8. The van der Waals surface area contributed by atoms with Crippen molar-refractivity contribution in [2.45, 2.75) is 38.1 Å². The van der Waals surface area contributed by atoms with Crippen LogP contribution in [0.1, 0.15) is 32.3 Å². The van der Waals surface area contributed by atoms with Gasteiger partial charge in [0.05, 0.1) is 0 Å². The summed E-state index contributed by atoms with van der Waals surface area (Å²) in [6.45, 7) is 3.72. The van der Waals surface area contributed by atoms with E-state index in [1.54, 1.807) is 6.92 Å². The van der Waals surface area contributed by atoms with E-state index in [4.69, 9.17) is 0 Å². The molecule has 1 amide bonds. The number of hydrogen-bond donors (Lipinski definition) is 1. The SMILES string of the molecule is CCC1NC(=O)CC1(C)c1cc(F)ccc1F. The van der Waals surface area contributed by atoms with Crippen molar-refractivity contribution in [1.82, 2.24) is 5.32 Å². The average Bonchev–Trinajstić information content (AvgIpc) is 2.58. The van der Waals surface area contributed by atoms with Gasteiger partial charge in [-0.3, -0.25) is 4.79 Å². The quantitative estimate of drug-likeness (QED) is 0.844. The first-order valence-corrected chi connectivity index (χ1v) is 5.72. The number of carbonyl (C=O) groups is 1. The number of benzene rings is 1. The zero-order valence-corrected chi connectivity index (χ0v) is 9.89. The fourth-order valence-corrected chi connectivity index (χ4v) is 2.63. The zero-order chi connectivity index (χ0) is 12.6. The van der Waals surface area contributed by atoms with Gasteiger partial charge >= 0.3 is 0 Å². The maximum atomic E-state index is 13.8. The number of carbonyl (C=O) groups excluding carboxylic acids is 1. The second kappa shape index (κ2) is 4.09. The smallest absolute Gasteiger partial charge is 0.221 e. The molecule has 1 fully saturated rings. The van der Waals surface area contributed by atoms with Crippen LogP contribution in [0.2, 0.25) is 0 Å². The molecule has 0 spiro atoms. The Kier molecular flexibility index (Phi) is 2.89. The van der Waals surface area contributed by atoms with Crippen molar-refractivity contribution in [2.75, 3.05) is 0 Å². The minimum Gasteiger partial charge on any atom is -0.352 e. The summed E-state index contributed by atoms with van der Waals surface area (Å²) in [6, 6.07) is 3.25. The van der Waals surface area contributed by atoms with Crippen LogP contribution in [0.25, 0.3) is 0 Å². The average molecular weight is 239 g/mol. The molecular formula is C13H15F2NO. The van der Waals surface area contributed by atoms with E-state index in [1.165, 1.54) is 6.07 Å². The number of rotatable bonds is 2. The van der Waals surface area contributed by atoms with Crippen LogP contribution in [0.4, 0.5) is 8.78 Å². The van der Waals surface area contributed by atoms with Gasteiger partial charge in [-0.25, -0.2) is 8.78 Å². The lowest BCUT2D eigenvalue weighted by molar-refractivity contribution is -0.119. The Morgan fingerprint density at radius 3 is 2.82 bits per heavy atom. The predicted octanol–water partition coefficient (Wildman–Crippen LogP) is 2.52. The number of amides is 1. The molecule has 1 heterocycles. The fourth-order valence-electron chi connectivity index (χ4n) is 2.63. The minimum absolute atomic E-state index is 0.108. The molecule has 1 aromatic carbocycles. The van der Waals surface area contributed by atoms with Crippen LogP contribution in [0.3, 0.4) is 0 Å². The van der Waals surface area contributed by atoms with Crippen molar-refractivity contribution in [1.29, 1.82) is 0 Å². The topological polar surface area (TPSA) is 29.1 Å². The van der Waals surface area contributed by atoms with Crippen LogP contribution in [0.15, 0.2) is 18.2 Å². The second-order valence-corrected chi connectivity index (χ2v) is 4.75. The normalized spacial score (nSPS) is 28.2. The summed E-state index contributed by atoms with van der Waals surface area (Å²) in [5, 5.41) is 2.81. The van der Waals surface area contributed by atoms with E-state index in [1.807, 2.05) is 6.92 Å². The Labute approximate surface area is 99.0 Å². The van der Waals surface area contributed by atoms with Crippen molar-refractivity contribution in [2.24, 2.45) is 0 Å². The molecule has 4 heteroatoms. The van der Waals surface area contributed by atoms with Crippen LogP contribution < -0.4 is 5.32 Å². The van der Waals surface area contributed by atoms with Crippen LogP contribution in [0.5, 0.6) is 0 Å². The van der Waals surface area contributed by atoms with E-state index < -0.39 is 17.0 Å². The van der Waals surface area contributed by atoms with Gasteiger partial charge in [0.2, 0.25) is 5.91 Å². The first kappa shape index (κ1) is 12.0. The van der Waals surface area contributed by atoms with Crippen LogP contribution in [-0.4, -0.2) is 11.9 Å². The molecule has 0 radical (unpaired) electrons. The molecule has 1 saturated heterocycles. The van der Waals surface area contributed by atoms with Gasteiger partial charge in [-0.2, -0.15) is 0 Å². The van der Waals surface area contributed by atoms with Crippen molar-refractivity contribution < 1.29 is 13.6 Å². The molecule has 2 rings (SSSR count). The molecule has 1 aliphatic rings. The van der Waals surface area contributed by atoms with Crippen LogP contribution in [-0.2, 0) is 10.2 Å². The molecule has 1 aliphatic heterocycles. The van der Waals surface area contributed by atoms with Gasteiger partial charge in [0.15, 0.2) is 0 Å². The Morgan fingerprint density at radius 2 is 2.18 bits per heavy atom. The lowest BCUT2D eigenvalue weighted by Gasteiger charge is -2.30. The van der Waals surface area contributed by atoms with Crippen molar-refractivity contribution >= 4 is 5.91 Å². The molecule has 0 aromatic heterocycles. The third kappa shape index (κ3) is 1.92. The first-order valence-electron chi connectivity index (χ1n) is 5.72. The van der Waals surface area contributed by atoms with E-state index in [-0.39, 0.29) is 23.9 Å². The highest BCUT2D eigenvalue weighted by Crippen LogP contribution is 2.38. The van der Waals surface area contributed by atoms with E-state index in [2.05, 4.69) is 5.32 Å². The van der Waals surface area contributed by atoms with Gasteiger partial charge in [0.25, 0.3) is 0 Å². The Morgan fingerprint density at radius 1 is 1.47 bits per heavy atom. The standard InChI is InChI=1S/C13H15F2NO/c1-3-11-13(2,7-12(17)16-11)9-6-8(14)4-5-10(9)15/h4-6,11H,3,7H2,1-2H3,(H,16,17). The molecule has 0 saturated carbocycles. The van der Waals surface area contributed by atoms with Gasteiger partial charge in [-0.15, -0.1) is 0 Å². The molecule has 2 unspecified atom stereocenters. The van der Waals surface area contributed by atoms with Gasteiger partial charge in [0, 0.05) is 17.9 Å². The molecular weight excluding hydrogens is 224 g/mol. The van der Waals surface area contributed by atoms with E-state index in [9.17, 15) is 13.6 Å². The molecule has 0 bridgehead atoms. The van der Waals surface area contributed by atoms with E-state index >= 15 is 0 Å². The molecule has 1 N–H and O–H groups in total. The second-order valence-electron chi connectivity index (χ2n) is 4.75. The summed E-state index contributed by atoms with van der Waals surface area (Å²) >= 11 is 0. The molecule has 17 heavy (non-hydrogen) atoms. The maximum Gasteiger partial charge on any atom is 0.221 e. The van der Waals surface area contributed by atoms with Gasteiger partial charge in [-0.05, 0) is 30.2 Å². The first-order chi connectivity index (χ1) is 7.97. The summed E-state index contributed by atoms with van der Waals surface area (Å²) in [5.74, 6) is -1.04. The van der Waals surface area contributed by atoms with Crippen LogP contribution >= 0.6 is 0 Å². The summed E-state index contributed by atoms with van der Waals surface area (Å²) < 4.78 is 27.0. The summed E-state index contributed by atoms with van der Waals surface area (Å²) in [7, 11) is 0. The highest BCUT2D eigenvalue weighted by atomic mass is 19.1. The van der Waals surface area contributed by atoms with E-state index in [0.29, 0.717) is 6.42 Å².